The van der Waals surface area contributed by atoms with Crippen LogP contribution in [0.25, 0.3) is 49.9 Å². The van der Waals surface area contributed by atoms with Gasteiger partial charge in [-0.1, -0.05) is 178 Å². The average molecular weight is 915 g/mol. The van der Waals surface area contributed by atoms with Crippen molar-refractivity contribution in [1.29, 1.82) is 0 Å². The molecule has 0 atom stereocenters. The fourth-order valence-electron chi connectivity index (χ4n) is 12.1. The van der Waals surface area contributed by atoms with Crippen molar-refractivity contribution < 1.29 is 4.74 Å². The second kappa shape index (κ2) is 15.9. The van der Waals surface area contributed by atoms with Crippen molar-refractivity contribution in [2.45, 2.75) is 38.0 Å². The number of hydrogen-bond acceptors (Lipinski definition) is 4. The van der Waals surface area contributed by atoms with E-state index in [1.54, 1.807) is 0 Å². The fraction of sp³-hybridized carbons (Fsp3) is 0.106. The monoisotopic (exact) mass is 914 g/mol. The molecule has 11 aromatic rings. The molecule has 71 heavy (non-hydrogen) atoms. The lowest BCUT2D eigenvalue weighted by Crippen LogP contribution is -2.29. The van der Waals surface area contributed by atoms with Crippen LogP contribution in [0.5, 0.6) is 11.5 Å². The van der Waals surface area contributed by atoms with Gasteiger partial charge in [0, 0.05) is 57.8 Å². The first kappa shape index (κ1) is 41.3. The first-order chi connectivity index (χ1) is 34.9. The van der Waals surface area contributed by atoms with E-state index in [9.17, 15) is 0 Å². The number of fused-ring (bicyclic) bond motifs is 4. The molecule has 4 aliphatic rings. The highest BCUT2D eigenvalue weighted by Crippen LogP contribution is 2.62. The maximum Gasteiger partial charge on any atom is 0.137 e. The van der Waals surface area contributed by atoms with Crippen molar-refractivity contribution in [2.24, 2.45) is 0 Å². The van der Waals surface area contributed by atoms with Crippen molar-refractivity contribution in [2.75, 3.05) is 16.5 Å². The molecule has 0 amide bonds. The predicted octanol–water partition coefficient (Wildman–Crippen LogP) is 16.8. The lowest BCUT2D eigenvalue weighted by molar-refractivity contribution is 0.483. The van der Waals surface area contributed by atoms with Gasteiger partial charge in [-0.15, -0.1) is 0 Å². The molecule has 0 radical (unpaired) electrons. The first-order valence-corrected chi connectivity index (χ1v) is 24.8. The van der Waals surface area contributed by atoms with Crippen molar-refractivity contribution in [3.05, 3.63) is 264 Å². The standard InChI is InChI=1S/C66H50N4O/c1-66(2,3)44-36-37-67-60(38-44)70-57-31-15-14-24-50(57)51-33-32-47(40-59(51)70)71-46-23-16-22-45(39-46)68-41-69(64-48(42-18-6-4-7-19-42)29-17-30-49(64)43-20-8-5-9-21-43)58-35-34-56-61-52-25-10-12-27-54(52)62(63(56)65(58)68)55-28-13-11-26-53(55)61/h4-40,61-62H,41H2,1-3H3. The minimum atomic E-state index is -0.0219. The molecule has 0 unspecified atom stereocenters. The number of aromatic nitrogens is 2. The molecule has 0 fully saturated rings. The van der Waals surface area contributed by atoms with E-state index in [1.807, 2.05) is 6.20 Å². The van der Waals surface area contributed by atoms with Crippen molar-refractivity contribution in [1.82, 2.24) is 9.55 Å². The van der Waals surface area contributed by atoms with E-state index in [1.165, 1.54) is 83.6 Å². The number of para-hydroxylation sites is 2. The van der Waals surface area contributed by atoms with Gasteiger partial charge < -0.3 is 14.5 Å². The lowest BCUT2D eigenvalue weighted by Gasteiger charge is -2.43. The highest BCUT2D eigenvalue weighted by Gasteiger charge is 2.46. The van der Waals surface area contributed by atoms with Crippen LogP contribution < -0.4 is 14.5 Å². The van der Waals surface area contributed by atoms with Crippen LogP contribution in [0.1, 0.15) is 71.6 Å². The van der Waals surface area contributed by atoms with Gasteiger partial charge in [0.25, 0.3) is 0 Å². The maximum absolute atomic E-state index is 6.99. The van der Waals surface area contributed by atoms with E-state index in [-0.39, 0.29) is 17.3 Å². The molecule has 9 aromatic carbocycles. The largest absolute Gasteiger partial charge is 0.457 e. The molecule has 0 spiro atoms. The number of anilines is 4. The van der Waals surface area contributed by atoms with Crippen LogP contribution in [-0.4, -0.2) is 16.2 Å². The number of benzene rings is 9. The Hall–Kier alpha value is -8.67. The summed E-state index contributed by atoms with van der Waals surface area (Å²) in [6, 6.07) is 79.7. The highest BCUT2D eigenvalue weighted by molar-refractivity contribution is 6.09. The number of ether oxygens (including phenoxy) is 1. The predicted molar refractivity (Wildman–Crippen MR) is 291 cm³/mol. The van der Waals surface area contributed by atoms with E-state index in [4.69, 9.17) is 9.72 Å². The molecule has 3 aliphatic carbocycles. The van der Waals surface area contributed by atoms with Gasteiger partial charge in [0.05, 0.1) is 28.1 Å². The van der Waals surface area contributed by atoms with Gasteiger partial charge >= 0.3 is 0 Å². The summed E-state index contributed by atoms with van der Waals surface area (Å²) >= 11 is 0. The molecule has 3 heterocycles. The van der Waals surface area contributed by atoms with Crippen molar-refractivity contribution >= 4 is 44.6 Å². The molecule has 2 aromatic heterocycles. The molecule has 15 rings (SSSR count). The average Bonchev–Trinajstić information content (AvgIpc) is 3.97. The molecule has 340 valence electrons. The zero-order chi connectivity index (χ0) is 47.4. The van der Waals surface area contributed by atoms with Gasteiger partial charge in [-0.25, -0.2) is 4.98 Å². The topological polar surface area (TPSA) is 33.5 Å². The number of nitrogens with zero attached hydrogens (tertiary/aromatic N) is 4. The summed E-state index contributed by atoms with van der Waals surface area (Å²) in [7, 11) is 0. The van der Waals surface area contributed by atoms with E-state index in [0.717, 1.165) is 39.4 Å². The van der Waals surface area contributed by atoms with Crippen LogP contribution in [-0.2, 0) is 5.41 Å². The molecule has 2 bridgehead atoms. The molecule has 1 aliphatic heterocycles. The van der Waals surface area contributed by atoms with E-state index >= 15 is 0 Å². The van der Waals surface area contributed by atoms with E-state index in [2.05, 4.69) is 254 Å². The van der Waals surface area contributed by atoms with Crippen molar-refractivity contribution in [3.63, 3.8) is 0 Å². The Balaban J connectivity index is 0.939. The zero-order valence-electron chi connectivity index (χ0n) is 39.9. The van der Waals surface area contributed by atoms with Gasteiger partial charge in [-0.05, 0) is 104 Å². The summed E-state index contributed by atoms with van der Waals surface area (Å²) in [6.45, 7) is 7.35. The Morgan fingerprint density at radius 3 is 1.76 bits per heavy atom. The van der Waals surface area contributed by atoms with Crippen LogP contribution in [0.2, 0.25) is 0 Å². The molecule has 0 saturated carbocycles. The second-order valence-electron chi connectivity index (χ2n) is 20.3. The molecular weight excluding hydrogens is 865 g/mol. The third-order valence-corrected chi connectivity index (χ3v) is 15.2. The smallest absolute Gasteiger partial charge is 0.137 e. The van der Waals surface area contributed by atoms with E-state index in [0.29, 0.717) is 6.67 Å². The number of hydrogen-bond donors (Lipinski definition) is 0. The zero-order valence-corrected chi connectivity index (χ0v) is 39.9. The quantitative estimate of drug-likeness (QED) is 0.160. The summed E-state index contributed by atoms with van der Waals surface area (Å²) in [5, 5.41) is 2.34. The van der Waals surface area contributed by atoms with Gasteiger partial charge in [0.15, 0.2) is 0 Å². The summed E-state index contributed by atoms with van der Waals surface area (Å²) in [5.41, 5.74) is 21.2. The maximum atomic E-state index is 6.99. The normalized spacial score (nSPS) is 15.4. The summed E-state index contributed by atoms with van der Waals surface area (Å²) in [4.78, 5) is 10.1. The Morgan fingerprint density at radius 1 is 0.465 bits per heavy atom. The molecule has 5 nitrogen and oxygen atoms in total. The van der Waals surface area contributed by atoms with Crippen LogP contribution in [0, 0.1) is 0 Å². The van der Waals surface area contributed by atoms with Gasteiger partial charge in [0.2, 0.25) is 0 Å². The summed E-state index contributed by atoms with van der Waals surface area (Å²) in [6.07, 6.45) is 1.93. The third kappa shape index (κ3) is 6.49. The second-order valence-corrected chi connectivity index (χ2v) is 20.3. The van der Waals surface area contributed by atoms with Crippen molar-refractivity contribution in [3.8, 4) is 39.6 Å². The van der Waals surface area contributed by atoms with Crippen LogP contribution in [0.15, 0.2) is 225 Å². The highest BCUT2D eigenvalue weighted by atomic mass is 16.5. The third-order valence-electron chi connectivity index (χ3n) is 15.2. The number of pyridine rings is 1. The minimum Gasteiger partial charge on any atom is -0.457 e. The van der Waals surface area contributed by atoms with Gasteiger partial charge in [0.1, 0.15) is 24.0 Å². The summed E-state index contributed by atoms with van der Waals surface area (Å²) < 4.78 is 9.27. The lowest BCUT2D eigenvalue weighted by atomic mass is 9.60. The molecule has 0 saturated heterocycles. The Labute approximate surface area is 414 Å². The Kier molecular flexibility index (Phi) is 9.28. The minimum absolute atomic E-state index is 0.0219. The van der Waals surface area contributed by atoms with E-state index < -0.39 is 0 Å². The fourth-order valence-corrected chi connectivity index (χ4v) is 12.1. The van der Waals surface area contributed by atoms with Gasteiger partial charge in [-0.3, -0.25) is 4.57 Å². The van der Waals surface area contributed by atoms with Gasteiger partial charge in [-0.2, -0.15) is 0 Å². The van der Waals surface area contributed by atoms with Crippen LogP contribution in [0.3, 0.4) is 0 Å². The summed E-state index contributed by atoms with van der Waals surface area (Å²) in [5.74, 6) is 2.66. The van der Waals surface area contributed by atoms with Crippen LogP contribution in [0.4, 0.5) is 22.7 Å². The Morgan fingerprint density at radius 2 is 1.07 bits per heavy atom. The van der Waals surface area contributed by atoms with Crippen LogP contribution >= 0.6 is 0 Å². The molecule has 5 heteroatoms. The number of rotatable bonds is 7. The SMILES string of the molecule is CC(C)(C)c1ccnc(-n2c3ccccc3c3ccc(Oc4cccc(N5CN(c6c(-c7ccccc7)cccc6-c6ccccc6)c6ccc7c(c65)C5c6ccccc6C7c6ccccc65)c4)cc32)c1. The molecule has 0 N–H and O–H groups in total. The molecular formula is C66H50N4O. The Bertz CT molecular complexity index is 3800. The first-order valence-electron chi connectivity index (χ1n) is 24.8.